The molecule has 29 heavy (non-hydrogen) atoms. The van der Waals surface area contributed by atoms with E-state index in [0.29, 0.717) is 35.8 Å². The zero-order valence-electron chi connectivity index (χ0n) is 16.2. The standard InChI is InChI=1S/C20H21N5O3S/c1-12-18(29-11-22-12)20(27)24-8-7-13(10-24)17(26)16-9-23-25(19(16)21)14-3-5-15(28-2)6-4-14/h3-6,9,11,13H,7-8,10,21H2,1-2H3/t13-/m1/s1. The summed E-state index contributed by atoms with van der Waals surface area (Å²) in [6.07, 6.45) is 2.11. The molecule has 0 radical (unpaired) electrons. The number of carbonyl (C=O) groups is 2. The van der Waals surface area contributed by atoms with E-state index in [4.69, 9.17) is 10.5 Å². The van der Waals surface area contributed by atoms with E-state index < -0.39 is 0 Å². The summed E-state index contributed by atoms with van der Waals surface area (Å²) in [4.78, 5) is 32.2. The number of benzene rings is 1. The van der Waals surface area contributed by atoms with Crippen LogP contribution in [0, 0.1) is 12.8 Å². The highest BCUT2D eigenvalue weighted by Gasteiger charge is 2.34. The smallest absolute Gasteiger partial charge is 0.265 e. The molecule has 4 rings (SSSR count). The second-order valence-corrected chi connectivity index (χ2v) is 7.78. The first-order chi connectivity index (χ1) is 14.0. The number of thiazole rings is 1. The molecule has 2 aromatic heterocycles. The largest absolute Gasteiger partial charge is 0.497 e. The van der Waals surface area contributed by atoms with Crippen LogP contribution in [0.15, 0.2) is 36.0 Å². The van der Waals surface area contributed by atoms with E-state index in [0.717, 1.165) is 17.1 Å². The van der Waals surface area contributed by atoms with Crippen LogP contribution in [-0.4, -0.2) is 51.6 Å². The van der Waals surface area contributed by atoms with Crippen molar-refractivity contribution in [2.75, 3.05) is 25.9 Å². The number of anilines is 1. The van der Waals surface area contributed by atoms with Crippen LogP contribution in [0.3, 0.4) is 0 Å². The number of ketones is 1. The van der Waals surface area contributed by atoms with Crippen molar-refractivity contribution in [1.82, 2.24) is 19.7 Å². The van der Waals surface area contributed by atoms with Gasteiger partial charge in [-0.05, 0) is 37.6 Å². The fourth-order valence-electron chi connectivity index (χ4n) is 3.51. The highest BCUT2D eigenvalue weighted by molar-refractivity contribution is 7.11. The summed E-state index contributed by atoms with van der Waals surface area (Å²) in [5, 5.41) is 4.28. The normalized spacial score (nSPS) is 16.2. The number of ether oxygens (including phenoxy) is 1. The van der Waals surface area contributed by atoms with Gasteiger partial charge in [0.05, 0.1) is 35.8 Å². The molecule has 3 aromatic rings. The molecule has 1 fully saturated rings. The van der Waals surface area contributed by atoms with Crippen molar-refractivity contribution in [2.45, 2.75) is 13.3 Å². The highest BCUT2D eigenvalue weighted by Crippen LogP contribution is 2.27. The van der Waals surface area contributed by atoms with Gasteiger partial charge >= 0.3 is 0 Å². The van der Waals surface area contributed by atoms with Gasteiger partial charge in [0, 0.05) is 19.0 Å². The Morgan fingerprint density at radius 2 is 2.03 bits per heavy atom. The lowest BCUT2D eigenvalue weighted by molar-refractivity contribution is 0.0784. The molecule has 9 heteroatoms. The number of methoxy groups -OCH3 is 1. The molecule has 0 unspecified atom stereocenters. The molecule has 1 atom stereocenters. The Labute approximate surface area is 171 Å². The molecule has 3 heterocycles. The van der Waals surface area contributed by atoms with Gasteiger partial charge in [0.1, 0.15) is 16.4 Å². The summed E-state index contributed by atoms with van der Waals surface area (Å²) in [5.41, 5.74) is 9.74. The first-order valence-corrected chi connectivity index (χ1v) is 10.1. The summed E-state index contributed by atoms with van der Waals surface area (Å²) >= 11 is 1.33. The fraction of sp³-hybridized carbons (Fsp3) is 0.300. The number of aromatic nitrogens is 3. The van der Waals surface area contributed by atoms with E-state index >= 15 is 0 Å². The van der Waals surface area contributed by atoms with Crippen molar-refractivity contribution < 1.29 is 14.3 Å². The first-order valence-electron chi connectivity index (χ1n) is 9.21. The minimum absolute atomic E-state index is 0.0674. The number of hydrogen-bond acceptors (Lipinski definition) is 7. The number of nitrogens with two attached hydrogens (primary N) is 1. The van der Waals surface area contributed by atoms with Crippen molar-refractivity contribution in [3.05, 3.63) is 52.1 Å². The molecule has 0 spiro atoms. The van der Waals surface area contributed by atoms with Gasteiger partial charge in [0.2, 0.25) is 0 Å². The van der Waals surface area contributed by atoms with Crippen LogP contribution in [0.4, 0.5) is 5.82 Å². The maximum Gasteiger partial charge on any atom is 0.265 e. The fourth-order valence-corrected chi connectivity index (χ4v) is 4.28. The number of rotatable bonds is 5. The monoisotopic (exact) mass is 411 g/mol. The maximum absolute atomic E-state index is 13.0. The molecule has 0 aliphatic carbocycles. The van der Waals surface area contributed by atoms with Crippen LogP contribution in [0.1, 0.15) is 32.1 Å². The number of hydrogen-bond donors (Lipinski definition) is 1. The Kier molecular flexibility index (Phi) is 5.06. The number of aryl methyl sites for hydroxylation is 1. The van der Waals surface area contributed by atoms with Crippen molar-refractivity contribution in [1.29, 1.82) is 0 Å². The highest BCUT2D eigenvalue weighted by atomic mass is 32.1. The quantitative estimate of drug-likeness (QED) is 0.647. The lowest BCUT2D eigenvalue weighted by Gasteiger charge is -2.15. The minimum Gasteiger partial charge on any atom is -0.497 e. The number of nitrogen functional groups attached to an aromatic ring is 1. The molecule has 1 amide bonds. The van der Waals surface area contributed by atoms with Crippen LogP contribution < -0.4 is 10.5 Å². The molecule has 0 bridgehead atoms. The van der Waals surface area contributed by atoms with Gasteiger partial charge in [-0.3, -0.25) is 9.59 Å². The van der Waals surface area contributed by atoms with E-state index in [1.807, 2.05) is 19.1 Å². The Balaban J connectivity index is 1.50. The summed E-state index contributed by atoms with van der Waals surface area (Å²) < 4.78 is 6.69. The Morgan fingerprint density at radius 3 is 2.69 bits per heavy atom. The molecular weight excluding hydrogens is 390 g/mol. The molecule has 1 aromatic carbocycles. The Morgan fingerprint density at radius 1 is 1.28 bits per heavy atom. The summed E-state index contributed by atoms with van der Waals surface area (Å²) in [6.45, 7) is 2.73. The second-order valence-electron chi connectivity index (χ2n) is 6.92. The second kappa shape index (κ2) is 7.67. The predicted molar refractivity (Wildman–Crippen MR) is 110 cm³/mol. The average molecular weight is 411 g/mol. The van der Waals surface area contributed by atoms with Crippen LogP contribution >= 0.6 is 11.3 Å². The van der Waals surface area contributed by atoms with E-state index in [1.165, 1.54) is 22.2 Å². The number of amides is 1. The molecule has 150 valence electrons. The Hall–Kier alpha value is -3.20. The van der Waals surface area contributed by atoms with Gasteiger partial charge in [-0.15, -0.1) is 11.3 Å². The van der Waals surface area contributed by atoms with E-state index in [9.17, 15) is 9.59 Å². The lowest BCUT2D eigenvalue weighted by Crippen LogP contribution is -2.30. The summed E-state index contributed by atoms with van der Waals surface area (Å²) in [7, 11) is 1.60. The number of nitrogens with zero attached hydrogens (tertiary/aromatic N) is 4. The van der Waals surface area contributed by atoms with Crippen LogP contribution in [0.5, 0.6) is 5.75 Å². The molecule has 1 aliphatic rings. The SMILES string of the molecule is COc1ccc(-n2ncc(C(=O)[C@@H]3CCN(C(=O)c4scnc4C)C3)c2N)cc1. The Bertz CT molecular complexity index is 1060. The summed E-state index contributed by atoms with van der Waals surface area (Å²) in [6, 6.07) is 7.26. The van der Waals surface area contributed by atoms with Crippen molar-refractivity contribution >= 4 is 28.8 Å². The lowest BCUT2D eigenvalue weighted by atomic mass is 9.98. The van der Waals surface area contributed by atoms with E-state index in [2.05, 4.69) is 10.1 Å². The van der Waals surface area contributed by atoms with Crippen molar-refractivity contribution in [3.8, 4) is 11.4 Å². The van der Waals surface area contributed by atoms with Gasteiger partial charge < -0.3 is 15.4 Å². The number of carbonyl (C=O) groups excluding carboxylic acids is 2. The third-order valence-electron chi connectivity index (χ3n) is 5.17. The average Bonchev–Trinajstić information content (AvgIpc) is 3.47. The predicted octanol–water partition coefficient (Wildman–Crippen LogP) is 2.57. The van der Waals surface area contributed by atoms with Crippen LogP contribution in [-0.2, 0) is 0 Å². The van der Waals surface area contributed by atoms with Crippen LogP contribution in [0.2, 0.25) is 0 Å². The third-order valence-corrected chi connectivity index (χ3v) is 6.09. The zero-order valence-corrected chi connectivity index (χ0v) is 17.0. The van der Waals surface area contributed by atoms with E-state index in [1.54, 1.807) is 29.7 Å². The zero-order chi connectivity index (χ0) is 20.5. The minimum atomic E-state index is -0.289. The first kappa shape index (κ1) is 19.1. The third kappa shape index (κ3) is 3.49. The maximum atomic E-state index is 13.0. The van der Waals surface area contributed by atoms with Crippen molar-refractivity contribution in [2.24, 2.45) is 5.92 Å². The molecule has 8 nitrogen and oxygen atoms in total. The van der Waals surface area contributed by atoms with Crippen molar-refractivity contribution in [3.63, 3.8) is 0 Å². The molecule has 1 aliphatic heterocycles. The molecule has 1 saturated heterocycles. The number of Topliss-reactive ketones (excluding diaryl/α,β-unsaturated/α-hetero) is 1. The summed E-state index contributed by atoms with van der Waals surface area (Å²) in [5.74, 6) is 0.578. The topological polar surface area (TPSA) is 103 Å². The van der Waals surface area contributed by atoms with Gasteiger partial charge in [-0.25, -0.2) is 9.67 Å². The molecular formula is C20H21N5O3S. The van der Waals surface area contributed by atoms with Gasteiger partial charge in [0.25, 0.3) is 5.91 Å². The molecule has 2 N–H and O–H groups in total. The number of likely N-dealkylation sites (tertiary alicyclic amines) is 1. The van der Waals surface area contributed by atoms with Crippen LogP contribution in [0.25, 0.3) is 5.69 Å². The van der Waals surface area contributed by atoms with Gasteiger partial charge in [-0.1, -0.05) is 0 Å². The van der Waals surface area contributed by atoms with Gasteiger partial charge in [-0.2, -0.15) is 5.10 Å². The van der Waals surface area contributed by atoms with Gasteiger partial charge in [0.15, 0.2) is 5.78 Å². The van der Waals surface area contributed by atoms with E-state index in [-0.39, 0.29) is 17.6 Å². The molecule has 0 saturated carbocycles.